The number of aromatic nitrogens is 2. The first-order valence-corrected chi connectivity index (χ1v) is 15.7. The topological polar surface area (TPSA) is 63.0 Å². The van der Waals surface area contributed by atoms with Crippen LogP contribution >= 0.6 is 0 Å². The van der Waals surface area contributed by atoms with Gasteiger partial charge in [-0.15, -0.1) is 0 Å². The van der Waals surface area contributed by atoms with E-state index in [2.05, 4.69) is 124 Å². The number of hydrogen-bond acceptors (Lipinski definition) is 3. The number of benzene rings is 6. The zero-order valence-corrected chi connectivity index (χ0v) is 25.8. The second-order valence-electron chi connectivity index (χ2n) is 11.7. The monoisotopic (exact) mass is 607 g/mol. The van der Waals surface area contributed by atoms with Crippen LogP contribution in [-0.4, -0.2) is 15.3 Å². The molecule has 0 spiro atoms. The lowest BCUT2D eigenvalue weighted by molar-refractivity contribution is 0.973. The summed E-state index contributed by atoms with van der Waals surface area (Å²) in [7, 11) is 0. The molecule has 0 fully saturated rings. The molecule has 2 heterocycles. The van der Waals surface area contributed by atoms with Crippen molar-refractivity contribution in [1.82, 2.24) is 9.13 Å². The summed E-state index contributed by atoms with van der Waals surface area (Å²) in [6.45, 7) is 4.82. The molecule has 5 nitrogen and oxygen atoms in total. The summed E-state index contributed by atoms with van der Waals surface area (Å²) < 4.78 is 4.56. The molecule has 2 aromatic heterocycles. The van der Waals surface area contributed by atoms with Crippen molar-refractivity contribution in [2.24, 2.45) is 0 Å². The largest absolute Gasteiger partial charge is 0.397 e. The van der Waals surface area contributed by atoms with Crippen molar-refractivity contribution < 1.29 is 0 Å². The summed E-state index contributed by atoms with van der Waals surface area (Å²) in [5.41, 5.74) is 17.5. The molecule has 0 saturated heterocycles. The Morgan fingerprint density at radius 2 is 1.23 bits per heavy atom. The lowest BCUT2D eigenvalue weighted by atomic mass is 10.1. The van der Waals surface area contributed by atoms with E-state index in [1.807, 2.05) is 48.5 Å². The summed E-state index contributed by atoms with van der Waals surface area (Å²) in [6.07, 6.45) is 3.32. The van der Waals surface area contributed by atoms with Crippen molar-refractivity contribution in [3.63, 3.8) is 0 Å². The second kappa shape index (κ2) is 11.5. The van der Waals surface area contributed by atoms with Gasteiger partial charge in [0.05, 0.1) is 33.6 Å². The van der Waals surface area contributed by atoms with Gasteiger partial charge in [0.1, 0.15) is 0 Å². The Morgan fingerprint density at radius 3 is 1.96 bits per heavy atom. The van der Waals surface area contributed by atoms with Crippen LogP contribution in [0.3, 0.4) is 0 Å². The molecule has 0 aliphatic carbocycles. The van der Waals surface area contributed by atoms with E-state index >= 15 is 0 Å². The summed E-state index contributed by atoms with van der Waals surface area (Å²) >= 11 is 0. The lowest BCUT2D eigenvalue weighted by Crippen LogP contribution is -2.17. The number of nitrogens with one attached hydrogen (secondary N) is 1. The number of hydrogen-bond donors (Lipinski definition) is 2. The minimum absolute atomic E-state index is 0.646. The van der Waals surface area contributed by atoms with Gasteiger partial charge in [0.2, 0.25) is 0 Å². The Morgan fingerprint density at radius 1 is 0.617 bits per heavy atom. The molecule has 226 valence electrons. The molecule has 0 aliphatic rings. The van der Waals surface area contributed by atoms with Crippen molar-refractivity contribution >= 4 is 62.1 Å². The van der Waals surface area contributed by atoms with Crippen LogP contribution in [0.4, 0.5) is 17.1 Å². The Kier molecular flexibility index (Phi) is 6.92. The number of nitrogens with zero attached hydrogens (tertiary/aromatic N) is 3. The Bertz CT molecular complexity index is 2420. The van der Waals surface area contributed by atoms with E-state index in [-0.39, 0.29) is 0 Å². The van der Waals surface area contributed by atoms with Crippen molar-refractivity contribution in [2.45, 2.75) is 6.54 Å². The maximum Gasteiger partial charge on any atom is 0.0789 e. The molecule has 47 heavy (non-hydrogen) atoms. The average molecular weight is 608 g/mol. The highest BCUT2D eigenvalue weighted by atomic mass is 15.1. The minimum atomic E-state index is 0.646. The predicted molar refractivity (Wildman–Crippen MR) is 199 cm³/mol. The first-order chi connectivity index (χ1) is 23.2. The summed E-state index contributed by atoms with van der Waals surface area (Å²) in [5.74, 6) is 0. The second-order valence-corrected chi connectivity index (χ2v) is 11.7. The molecule has 0 radical (unpaired) electrons. The quantitative estimate of drug-likeness (QED) is 0.133. The fraction of sp³-hybridized carbons (Fsp3) is 0.0238. The Labute approximate surface area is 273 Å². The van der Waals surface area contributed by atoms with Crippen LogP contribution in [-0.2, 0) is 6.54 Å². The Hall–Kier alpha value is -6.33. The standard InChI is InChI=1S/C42H33N5/c1-2-33-35-25-26-36-34-17-9-11-19-38(34)46(31-15-7-4-8-16-31)42(36)41(35)47(40(33)27-43)32-23-21-29(22-24-32)28-45(30-13-5-3-6-14-30)39-20-12-10-18-37(39)44/h2-27,43H,1,28,44H2. The minimum Gasteiger partial charge on any atom is -0.397 e. The van der Waals surface area contributed by atoms with E-state index in [0.717, 1.165) is 67.2 Å². The van der Waals surface area contributed by atoms with Gasteiger partial charge in [-0.1, -0.05) is 104 Å². The highest BCUT2D eigenvalue weighted by Crippen LogP contribution is 2.41. The van der Waals surface area contributed by atoms with Crippen LogP contribution in [0, 0.1) is 5.41 Å². The maximum absolute atomic E-state index is 8.57. The number of para-hydroxylation sites is 5. The van der Waals surface area contributed by atoms with Crippen LogP contribution in [0.1, 0.15) is 16.8 Å². The van der Waals surface area contributed by atoms with E-state index in [1.54, 1.807) is 0 Å². The van der Waals surface area contributed by atoms with Crippen molar-refractivity contribution in [2.75, 3.05) is 10.6 Å². The summed E-state index contributed by atoms with van der Waals surface area (Å²) in [6, 6.07) is 50.4. The highest BCUT2D eigenvalue weighted by Gasteiger charge is 2.23. The highest BCUT2D eigenvalue weighted by molar-refractivity contribution is 6.20. The van der Waals surface area contributed by atoms with Crippen LogP contribution in [0.15, 0.2) is 152 Å². The SMILES string of the molecule is C=Cc1c(C=N)n(-c2ccc(CN(c3ccccc3)c3ccccc3N)cc2)c2c1ccc1c3ccccc3n(-c3ccccc3)c12. The fourth-order valence-corrected chi connectivity index (χ4v) is 6.92. The van der Waals surface area contributed by atoms with E-state index in [0.29, 0.717) is 6.54 Å². The molecule has 0 amide bonds. The van der Waals surface area contributed by atoms with Crippen molar-refractivity contribution in [3.8, 4) is 11.4 Å². The van der Waals surface area contributed by atoms with Gasteiger partial charge < -0.3 is 25.2 Å². The number of nitrogen functional groups attached to an aromatic ring is 1. The summed E-state index contributed by atoms with van der Waals surface area (Å²) in [4.78, 5) is 2.25. The molecule has 5 heteroatoms. The average Bonchev–Trinajstić information content (AvgIpc) is 3.64. The first-order valence-electron chi connectivity index (χ1n) is 15.7. The first kappa shape index (κ1) is 28.2. The summed E-state index contributed by atoms with van der Waals surface area (Å²) in [5, 5.41) is 12.0. The molecule has 0 atom stereocenters. The number of nitrogens with two attached hydrogens (primary N) is 1. The number of fused-ring (bicyclic) bond motifs is 5. The third-order valence-corrected chi connectivity index (χ3v) is 9.03. The van der Waals surface area contributed by atoms with E-state index < -0.39 is 0 Å². The zero-order valence-electron chi connectivity index (χ0n) is 25.8. The molecule has 3 N–H and O–H groups in total. The van der Waals surface area contributed by atoms with Crippen LogP contribution in [0.2, 0.25) is 0 Å². The zero-order chi connectivity index (χ0) is 31.9. The third kappa shape index (κ3) is 4.60. The van der Waals surface area contributed by atoms with Crippen LogP contribution in [0.5, 0.6) is 0 Å². The Balaban J connectivity index is 1.33. The molecule has 0 aliphatic heterocycles. The van der Waals surface area contributed by atoms with Crippen molar-refractivity contribution in [3.05, 3.63) is 169 Å². The van der Waals surface area contributed by atoms with E-state index in [4.69, 9.17) is 11.1 Å². The third-order valence-electron chi connectivity index (χ3n) is 9.03. The van der Waals surface area contributed by atoms with Crippen LogP contribution in [0.25, 0.3) is 50.2 Å². The normalized spacial score (nSPS) is 11.3. The van der Waals surface area contributed by atoms with Gasteiger partial charge in [-0.25, -0.2) is 0 Å². The van der Waals surface area contributed by atoms with Gasteiger partial charge in [-0.2, -0.15) is 0 Å². The van der Waals surface area contributed by atoms with Crippen molar-refractivity contribution in [1.29, 1.82) is 5.41 Å². The van der Waals surface area contributed by atoms with E-state index in [1.165, 1.54) is 17.0 Å². The molecule has 0 unspecified atom stereocenters. The van der Waals surface area contributed by atoms with Gasteiger partial charge >= 0.3 is 0 Å². The maximum atomic E-state index is 8.57. The van der Waals surface area contributed by atoms with Crippen LogP contribution < -0.4 is 10.6 Å². The predicted octanol–water partition coefficient (Wildman–Crippen LogP) is 10.3. The van der Waals surface area contributed by atoms with Gasteiger partial charge in [-0.05, 0) is 60.2 Å². The van der Waals surface area contributed by atoms with Gasteiger partial charge in [-0.3, -0.25) is 0 Å². The van der Waals surface area contributed by atoms with Gasteiger partial charge in [0.25, 0.3) is 0 Å². The number of anilines is 3. The smallest absolute Gasteiger partial charge is 0.0789 e. The lowest BCUT2D eigenvalue weighted by Gasteiger charge is -2.26. The molecular formula is C42H33N5. The van der Waals surface area contributed by atoms with Gasteiger partial charge in [0, 0.05) is 51.5 Å². The molecule has 6 aromatic carbocycles. The molecule has 8 aromatic rings. The molecule has 0 bridgehead atoms. The molecular weight excluding hydrogens is 574 g/mol. The van der Waals surface area contributed by atoms with E-state index in [9.17, 15) is 0 Å². The fourth-order valence-electron chi connectivity index (χ4n) is 6.92. The molecule has 0 saturated carbocycles. The molecule has 8 rings (SSSR count). The number of rotatable bonds is 8. The van der Waals surface area contributed by atoms with Gasteiger partial charge in [0.15, 0.2) is 0 Å².